The Hall–Kier alpha value is -1.81. The molecular formula is C14H16N2O2. The average Bonchev–Trinajstić information content (AvgIpc) is 2.72. The lowest BCUT2D eigenvalue weighted by Gasteiger charge is -2.35. The van der Waals surface area contributed by atoms with Crippen LogP contribution in [0.4, 0.5) is 0 Å². The fourth-order valence-electron chi connectivity index (χ4n) is 2.51. The molecule has 1 aliphatic rings. The van der Waals surface area contributed by atoms with Crippen LogP contribution in [0.15, 0.2) is 30.3 Å². The van der Waals surface area contributed by atoms with Gasteiger partial charge in [-0.05, 0) is 19.1 Å². The SMILES string of the molecule is CCn1c(C(=O)N2CC(O)C2)cc2ccccc21. The first-order valence-corrected chi connectivity index (χ1v) is 6.26. The van der Waals surface area contributed by atoms with Gasteiger partial charge in [0.25, 0.3) is 5.91 Å². The van der Waals surface area contributed by atoms with Gasteiger partial charge in [0.15, 0.2) is 0 Å². The van der Waals surface area contributed by atoms with Crippen molar-refractivity contribution >= 4 is 16.8 Å². The maximum absolute atomic E-state index is 12.3. The van der Waals surface area contributed by atoms with E-state index in [1.165, 1.54) is 0 Å². The number of rotatable bonds is 2. The summed E-state index contributed by atoms with van der Waals surface area (Å²) in [5.41, 5.74) is 1.80. The van der Waals surface area contributed by atoms with E-state index in [1.54, 1.807) is 4.90 Å². The van der Waals surface area contributed by atoms with E-state index in [0.717, 1.165) is 17.4 Å². The van der Waals surface area contributed by atoms with E-state index >= 15 is 0 Å². The van der Waals surface area contributed by atoms with E-state index in [4.69, 9.17) is 0 Å². The fourth-order valence-corrected chi connectivity index (χ4v) is 2.51. The van der Waals surface area contributed by atoms with Crippen LogP contribution in [-0.2, 0) is 6.54 Å². The molecule has 2 aromatic rings. The van der Waals surface area contributed by atoms with Gasteiger partial charge in [0.05, 0.1) is 6.10 Å². The van der Waals surface area contributed by atoms with Crippen molar-refractivity contribution in [1.82, 2.24) is 9.47 Å². The topological polar surface area (TPSA) is 45.5 Å². The van der Waals surface area contributed by atoms with Crippen LogP contribution < -0.4 is 0 Å². The smallest absolute Gasteiger partial charge is 0.270 e. The second kappa shape index (κ2) is 4.14. The van der Waals surface area contributed by atoms with Crippen LogP contribution in [0.2, 0.25) is 0 Å². The lowest BCUT2D eigenvalue weighted by atomic mass is 10.1. The Balaban J connectivity index is 2.03. The van der Waals surface area contributed by atoms with Gasteiger partial charge in [-0.15, -0.1) is 0 Å². The Morgan fingerprint density at radius 3 is 2.78 bits per heavy atom. The first kappa shape index (κ1) is 11.3. The maximum atomic E-state index is 12.3. The highest BCUT2D eigenvalue weighted by Crippen LogP contribution is 2.22. The number of fused-ring (bicyclic) bond motifs is 1. The summed E-state index contributed by atoms with van der Waals surface area (Å²) in [6.07, 6.45) is -0.353. The molecule has 2 heterocycles. The fraction of sp³-hybridized carbons (Fsp3) is 0.357. The number of hydrogen-bond acceptors (Lipinski definition) is 2. The van der Waals surface area contributed by atoms with Crippen LogP contribution in [0, 0.1) is 0 Å². The summed E-state index contributed by atoms with van der Waals surface area (Å²) in [5, 5.41) is 10.4. The minimum atomic E-state index is -0.353. The standard InChI is InChI=1S/C14H16N2O2/c1-2-16-12-6-4-3-5-10(12)7-13(16)14(18)15-8-11(17)9-15/h3-7,11,17H,2,8-9H2,1H3. The van der Waals surface area contributed by atoms with E-state index in [9.17, 15) is 9.90 Å². The molecule has 0 saturated carbocycles. The van der Waals surface area contributed by atoms with E-state index in [1.807, 2.05) is 41.8 Å². The van der Waals surface area contributed by atoms with Gasteiger partial charge in [-0.2, -0.15) is 0 Å². The van der Waals surface area contributed by atoms with Crippen LogP contribution in [0.3, 0.4) is 0 Å². The number of para-hydroxylation sites is 1. The molecule has 1 aliphatic heterocycles. The molecule has 1 saturated heterocycles. The van der Waals surface area contributed by atoms with Crippen molar-refractivity contribution in [2.75, 3.05) is 13.1 Å². The Bertz CT molecular complexity index is 597. The number of benzene rings is 1. The molecular weight excluding hydrogens is 228 g/mol. The predicted molar refractivity (Wildman–Crippen MR) is 69.5 cm³/mol. The molecule has 1 fully saturated rings. The Kier molecular flexibility index (Phi) is 2.59. The quantitative estimate of drug-likeness (QED) is 0.869. The number of carbonyl (C=O) groups is 1. The number of likely N-dealkylation sites (tertiary alicyclic amines) is 1. The number of nitrogens with zero attached hydrogens (tertiary/aromatic N) is 2. The first-order valence-electron chi connectivity index (χ1n) is 6.26. The second-order valence-corrected chi connectivity index (χ2v) is 4.70. The molecule has 0 aliphatic carbocycles. The van der Waals surface area contributed by atoms with Crippen molar-refractivity contribution in [3.05, 3.63) is 36.0 Å². The third-order valence-corrected chi connectivity index (χ3v) is 3.50. The zero-order chi connectivity index (χ0) is 12.7. The average molecular weight is 244 g/mol. The molecule has 1 N–H and O–H groups in total. The Labute approximate surface area is 105 Å². The van der Waals surface area contributed by atoms with Crippen molar-refractivity contribution in [3.63, 3.8) is 0 Å². The molecule has 0 bridgehead atoms. The zero-order valence-corrected chi connectivity index (χ0v) is 10.3. The van der Waals surface area contributed by atoms with E-state index in [0.29, 0.717) is 18.8 Å². The van der Waals surface area contributed by atoms with Gasteiger partial charge in [0, 0.05) is 30.5 Å². The normalized spacial score (nSPS) is 16.0. The van der Waals surface area contributed by atoms with Crippen LogP contribution in [-0.4, -0.2) is 39.7 Å². The number of aromatic nitrogens is 1. The van der Waals surface area contributed by atoms with Crippen molar-refractivity contribution < 1.29 is 9.90 Å². The number of amides is 1. The number of β-amino-alcohol motifs (C(OH)–C–C–N with tert-alkyl or cyclic N) is 1. The van der Waals surface area contributed by atoms with E-state index in [2.05, 4.69) is 0 Å². The van der Waals surface area contributed by atoms with Crippen molar-refractivity contribution in [2.45, 2.75) is 19.6 Å². The number of hydrogen-bond donors (Lipinski definition) is 1. The molecule has 18 heavy (non-hydrogen) atoms. The zero-order valence-electron chi connectivity index (χ0n) is 10.3. The Morgan fingerprint density at radius 1 is 1.39 bits per heavy atom. The van der Waals surface area contributed by atoms with E-state index in [-0.39, 0.29) is 12.0 Å². The number of aliphatic hydroxyl groups excluding tert-OH is 1. The summed E-state index contributed by atoms with van der Waals surface area (Å²) in [7, 11) is 0. The predicted octanol–water partition coefficient (Wildman–Crippen LogP) is 1.48. The molecule has 1 amide bonds. The molecule has 4 nitrogen and oxygen atoms in total. The molecule has 0 unspecified atom stereocenters. The van der Waals surface area contributed by atoms with Crippen molar-refractivity contribution in [2.24, 2.45) is 0 Å². The summed E-state index contributed by atoms with van der Waals surface area (Å²) >= 11 is 0. The third-order valence-electron chi connectivity index (χ3n) is 3.50. The molecule has 94 valence electrons. The van der Waals surface area contributed by atoms with Crippen LogP contribution in [0.1, 0.15) is 17.4 Å². The Morgan fingerprint density at radius 2 is 2.11 bits per heavy atom. The molecule has 1 aromatic heterocycles. The lowest BCUT2D eigenvalue weighted by Crippen LogP contribution is -2.53. The van der Waals surface area contributed by atoms with Gasteiger partial charge >= 0.3 is 0 Å². The summed E-state index contributed by atoms with van der Waals surface area (Å²) < 4.78 is 2.03. The molecule has 1 aromatic carbocycles. The van der Waals surface area contributed by atoms with Gasteiger partial charge in [0.1, 0.15) is 5.69 Å². The first-order chi connectivity index (χ1) is 8.70. The van der Waals surface area contributed by atoms with Gasteiger partial charge in [-0.1, -0.05) is 18.2 Å². The van der Waals surface area contributed by atoms with Gasteiger partial charge in [-0.3, -0.25) is 4.79 Å². The highest BCUT2D eigenvalue weighted by atomic mass is 16.3. The van der Waals surface area contributed by atoms with Crippen LogP contribution in [0.25, 0.3) is 10.9 Å². The molecule has 0 atom stereocenters. The minimum Gasteiger partial charge on any atom is -0.389 e. The lowest BCUT2D eigenvalue weighted by molar-refractivity contribution is 0.00524. The second-order valence-electron chi connectivity index (χ2n) is 4.70. The van der Waals surface area contributed by atoms with Crippen LogP contribution >= 0.6 is 0 Å². The summed E-state index contributed by atoms with van der Waals surface area (Å²) in [6.45, 7) is 3.70. The van der Waals surface area contributed by atoms with Crippen LogP contribution in [0.5, 0.6) is 0 Å². The maximum Gasteiger partial charge on any atom is 0.270 e. The molecule has 0 radical (unpaired) electrons. The van der Waals surface area contributed by atoms with E-state index < -0.39 is 0 Å². The molecule has 0 spiro atoms. The minimum absolute atomic E-state index is 0.0124. The highest BCUT2D eigenvalue weighted by Gasteiger charge is 2.31. The number of carbonyl (C=O) groups excluding carboxylic acids is 1. The third kappa shape index (κ3) is 1.61. The number of aryl methyl sites for hydroxylation is 1. The van der Waals surface area contributed by atoms with Crippen molar-refractivity contribution in [1.29, 1.82) is 0 Å². The molecule has 4 heteroatoms. The summed E-state index contributed by atoms with van der Waals surface area (Å²) in [4.78, 5) is 14.0. The largest absolute Gasteiger partial charge is 0.389 e. The van der Waals surface area contributed by atoms with Gasteiger partial charge in [0.2, 0.25) is 0 Å². The summed E-state index contributed by atoms with van der Waals surface area (Å²) in [5.74, 6) is 0.0124. The van der Waals surface area contributed by atoms with Crippen molar-refractivity contribution in [3.8, 4) is 0 Å². The number of aliphatic hydroxyl groups is 1. The highest BCUT2D eigenvalue weighted by molar-refractivity contribution is 5.99. The molecule has 3 rings (SSSR count). The summed E-state index contributed by atoms with van der Waals surface area (Å²) in [6, 6.07) is 9.94. The van der Waals surface area contributed by atoms with Gasteiger partial charge in [-0.25, -0.2) is 0 Å². The monoisotopic (exact) mass is 244 g/mol. The van der Waals surface area contributed by atoms with Gasteiger partial charge < -0.3 is 14.6 Å².